The first-order valence-electron chi connectivity index (χ1n) is 5.99. The fourth-order valence-electron chi connectivity index (χ4n) is 1.81. The normalized spacial score (nSPS) is 12.9. The number of hydrogen-bond donors (Lipinski definition) is 0. The number of carbonyl (C=O) groups excluding carboxylic acids is 2. The van der Waals surface area contributed by atoms with Gasteiger partial charge < -0.3 is 4.74 Å². The largest absolute Gasteiger partial charge is 0.469 e. The molecule has 0 spiro atoms. The quantitative estimate of drug-likeness (QED) is 0.629. The Balaban J connectivity index is 4.32. The molecule has 0 bridgehead atoms. The van der Waals surface area contributed by atoms with E-state index in [4.69, 9.17) is 0 Å². The van der Waals surface area contributed by atoms with Crippen LogP contribution in [-0.4, -0.2) is 18.9 Å². The SMILES string of the molecule is COC(=O)CC[C@H](CC(C)C)C(=O)C(C)C. The summed E-state index contributed by atoms with van der Waals surface area (Å²) in [5.74, 6) is 0.550. The van der Waals surface area contributed by atoms with Gasteiger partial charge in [-0.1, -0.05) is 27.7 Å². The van der Waals surface area contributed by atoms with Crippen molar-refractivity contribution in [3.63, 3.8) is 0 Å². The van der Waals surface area contributed by atoms with Crippen molar-refractivity contribution in [1.82, 2.24) is 0 Å². The van der Waals surface area contributed by atoms with E-state index in [1.165, 1.54) is 7.11 Å². The van der Waals surface area contributed by atoms with E-state index in [0.717, 1.165) is 6.42 Å². The van der Waals surface area contributed by atoms with Gasteiger partial charge in [0.2, 0.25) is 0 Å². The molecule has 0 rings (SSSR count). The van der Waals surface area contributed by atoms with Crippen LogP contribution in [0.1, 0.15) is 47.0 Å². The average Bonchev–Trinajstić information content (AvgIpc) is 2.21. The van der Waals surface area contributed by atoms with Crippen molar-refractivity contribution >= 4 is 11.8 Å². The monoisotopic (exact) mass is 228 g/mol. The molecule has 1 atom stereocenters. The maximum atomic E-state index is 11.9. The topological polar surface area (TPSA) is 43.4 Å². The highest BCUT2D eigenvalue weighted by Gasteiger charge is 2.22. The molecule has 0 saturated heterocycles. The third-order valence-electron chi connectivity index (χ3n) is 2.65. The Hall–Kier alpha value is -0.860. The number of ether oxygens (including phenoxy) is 1. The zero-order valence-electron chi connectivity index (χ0n) is 11.1. The predicted molar refractivity (Wildman–Crippen MR) is 64.0 cm³/mol. The lowest BCUT2D eigenvalue weighted by Crippen LogP contribution is -2.22. The van der Waals surface area contributed by atoms with Crippen LogP contribution in [0.4, 0.5) is 0 Å². The highest BCUT2D eigenvalue weighted by Crippen LogP contribution is 2.21. The number of methoxy groups -OCH3 is 1. The molecule has 0 aliphatic heterocycles. The van der Waals surface area contributed by atoms with Crippen molar-refractivity contribution in [2.45, 2.75) is 47.0 Å². The van der Waals surface area contributed by atoms with Crippen LogP contribution >= 0.6 is 0 Å². The van der Waals surface area contributed by atoms with Crippen molar-refractivity contribution in [3.8, 4) is 0 Å². The lowest BCUT2D eigenvalue weighted by atomic mass is 9.85. The van der Waals surface area contributed by atoms with Gasteiger partial charge in [0, 0.05) is 18.3 Å². The lowest BCUT2D eigenvalue weighted by Gasteiger charge is -2.19. The summed E-state index contributed by atoms with van der Waals surface area (Å²) >= 11 is 0. The second kappa shape index (κ2) is 7.42. The van der Waals surface area contributed by atoms with Crippen molar-refractivity contribution < 1.29 is 14.3 Å². The van der Waals surface area contributed by atoms with E-state index in [1.807, 2.05) is 13.8 Å². The summed E-state index contributed by atoms with van der Waals surface area (Å²) in [6, 6.07) is 0. The summed E-state index contributed by atoms with van der Waals surface area (Å²) in [6.45, 7) is 8.01. The zero-order chi connectivity index (χ0) is 12.7. The summed E-state index contributed by atoms with van der Waals surface area (Å²) in [6.07, 6.45) is 1.81. The van der Waals surface area contributed by atoms with Crippen LogP contribution in [0.3, 0.4) is 0 Å². The van der Waals surface area contributed by atoms with Crippen LogP contribution in [0.15, 0.2) is 0 Å². The van der Waals surface area contributed by atoms with Crippen molar-refractivity contribution in [3.05, 3.63) is 0 Å². The second-order valence-corrected chi connectivity index (χ2v) is 5.00. The molecule has 0 aliphatic carbocycles. The summed E-state index contributed by atoms with van der Waals surface area (Å²) in [7, 11) is 1.38. The Bertz CT molecular complexity index is 231. The van der Waals surface area contributed by atoms with Crippen molar-refractivity contribution in [2.24, 2.45) is 17.8 Å². The molecule has 3 nitrogen and oxygen atoms in total. The molecule has 0 saturated carbocycles. The molecule has 0 radical (unpaired) electrons. The molecule has 0 unspecified atom stereocenters. The average molecular weight is 228 g/mol. The molecule has 0 aromatic carbocycles. The fourth-order valence-corrected chi connectivity index (χ4v) is 1.81. The van der Waals surface area contributed by atoms with Gasteiger partial charge in [0.05, 0.1) is 7.11 Å². The van der Waals surface area contributed by atoms with Gasteiger partial charge in [-0.2, -0.15) is 0 Å². The van der Waals surface area contributed by atoms with E-state index < -0.39 is 0 Å². The Morgan fingerprint density at radius 3 is 2.06 bits per heavy atom. The van der Waals surface area contributed by atoms with E-state index >= 15 is 0 Å². The molecule has 0 fully saturated rings. The first-order valence-corrected chi connectivity index (χ1v) is 5.99. The van der Waals surface area contributed by atoms with Crippen LogP contribution in [0.2, 0.25) is 0 Å². The van der Waals surface area contributed by atoms with E-state index in [-0.39, 0.29) is 23.6 Å². The van der Waals surface area contributed by atoms with Gasteiger partial charge in [-0.15, -0.1) is 0 Å². The van der Waals surface area contributed by atoms with Crippen LogP contribution in [-0.2, 0) is 14.3 Å². The fraction of sp³-hybridized carbons (Fsp3) is 0.846. The van der Waals surface area contributed by atoms with Crippen molar-refractivity contribution in [2.75, 3.05) is 7.11 Å². The molecule has 16 heavy (non-hydrogen) atoms. The molecule has 3 heteroatoms. The minimum absolute atomic E-state index is 0.000833. The molecule has 0 aromatic rings. The van der Waals surface area contributed by atoms with Gasteiger partial charge >= 0.3 is 5.97 Å². The smallest absolute Gasteiger partial charge is 0.305 e. The van der Waals surface area contributed by atoms with E-state index in [2.05, 4.69) is 18.6 Å². The van der Waals surface area contributed by atoms with Gasteiger partial charge in [-0.05, 0) is 18.8 Å². The predicted octanol–water partition coefficient (Wildman–Crippen LogP) is 2.83. The molecular formula is C13H24O3. The van der Waals surface area contributed by atoms with Crippen LogP contribution in [0.5, 0.6) is 0 Å². The highest BCUT2D eigenvalue weighted by molar-refractivity contribution is 5.83. The van der Waals surface area contributed by atoms with E-state index in [0.29, 0.717) is 18.8 Å². The third kappa shape index (κ3) is 5.89. The number of carbonyl (C=O) groups is 2. The zero-order valence-corrected chi connectivity index (χ0v) is 11.1. The maximum Gasteiger partial charge on any atom is 0.305 e. The van der Waals surface area contributed by atoms with Gasteiger partial charge in [0.25, 0.3) is 0 Å². The van der Waals surface area contributed by atoms with Crippen LogP contribution in [0.25, 0.3) is 0 Å². The Morgan fingerprint density at radius 1 is 1.12 bits per heavy atom. The summed E-state index contributed by atoms with van der Waals surface area (Å²) in [5.41, 5.74) is 0. The Labute approximate surface area is 98.6 Å². The standard InChI is InChI=1S/C13H24O3/c1-9(2)8-11(13(15)10(3)4)6-7-12(14)16-5/h9-11H,6-8H2,1-5H3/t11-/m1/s1. The minimum atomic E-state index is -0.231. The Kier molecular flexibility index (Phi) is 7.02. The maximum absolute atomic E-state index is 11.9. The number of Topliss-reactive ketones (excluding diaryl/α,β-unsaturated/α-hetero) is 1. The second-order valence-electron chi connectivity index (χ2n) is 5.00. The number of ketones is 1. The van der Waals surface area contributed by atoms with E-state index in [9.17, 15) is 9.59 Å². The first-order chi connectivity index (χ1) is 7.38. The molecule has 0 heterocycles. The summed E-state index contributed by atoms with van der Waals surface area (Å²) < 4.78 is 4.60. The number of hydrogen-bond acceptors (Lipinski definition) is 3. The third-order valence-corrected chi connectivity index (χ3v) is 2.65. The minimum Gasteiger partial charge on any atom is -0.469 e. The molecule has 0 N–H and O–H groups in total. The molecule has 0 aliphatic rings. The van der Waals surface area contributed by atoms with Crippen LogP contribution < -0.4 is 0 Å². The highest BCUT2D eigenvalue weighted by atomic mass is 16.5. The summed E-state index contributed by atoms with van der Waals surface area (Å²) in [5, 5.41) is 0. The number of esters is 1. The molecule has 0 aromatic heterocycles. The number of rotatable bonds is 7. The van der Waals surface area contributed by atoms with Crippen LogP contribution in [0, 0.1) is 17.8 Å². The van der Waals surface area contributed by atoms with E-state index in [1.54, 1.807) is 0 Å². The lowest BCUT2D eigenvalue weighted by molar-refractivity contribution is -0.141. The van der Waals surface area contributed by atoms with Crippen molar-refractivity contribution in [1.29, 1.82) is 0 Å². The molecule has 0 amide bonds. The Morgan fingerprint density at radius 2 is 1.69 bits per heavy atom. The van der Waals surface area contributed by atoms with Gasteiger partial charge in [-0.25, -0.2) is 0 Å². The first kappa shape index (κ1) is 15.1. The van der Waals surface area contributed by atoms with Gasteiger partial charge in [0.15, 0.2) is 0 Å². The molecule has 94 valence electrons. The van der Waals surface area contributed by atoms with Gasteiger partial charge in [-0.3, -0.25) is 9.59 Å². The molecular weight excluding hydrogens is 204 g/mol. The summed E-state index contributed by atoms with van der Waals surface area (Å²) in [4.78, 5) is 23.0. The van der Waals surface area contributed by atoms with Gasteiger partial charge in [0.1, 0.15) is 5.78 Å².